The predicted octanol–water partition coefficient (Wildman–Crippen LogP) is 7.58. The second-order valence-electron chi connectivity index (χ2n) is 9.03. The number of fused-ring (bicyclic) bond motifs is 2. The van der Waals surface area contributed by atoms with Crippen molar-refractivity contribution in [3.05, 3.63) is 47.0 Å². The molecule has 0 radical (unpaired) electrons. The Morgan fingerprint density at radius 2 is 1.55 bits per heavy atom. The summed E-state index contributed by atoms with van der Waals surface area (Å²) in [6, 6.07) is 10.2. The van der Waals surface area contributed by atoms with E-state index in [1.165, 1.54) is 5.56 Å². The van der Waals surface area contributed by atoms with Crippen LogP contribution in [0.2, 0.25) is 0 Å². The maximum absolute atomic E-state index is 12.5. The third-order valence-electron chi connectivity index (χ3n) is 6.40. The van der Waals surface area contributed by atoms with E-state index in [0.29, 0.717) is 5.75 Å². The van der Waals surface area contributed by atoms with Crippen molar-refractivity contribution < 1.29 is 17.7 Å². The molecule has 0 amide bonds. The first-order chi connectivity index (χ1) is 15.8. The quantitative estimate of drug-likeness (QED) is 0.322. The van der Waals surface area contributed by atoms with Crippen LogP contribution in [-0.4, -0.2) is 18.3 Å². The zero-order valence-corrected chi connectivity index (χ0v) is 21.4. The van der Waals surface area contributed by atoms with Gasteiger partial charge in [-0.1, -0.05) is 65.2 Å². The van der Waals surface area contributed by atoms with Gasteiger partial charge < -0.3 is 9.64 Å². The average molecular weight is 474 g/mol. The third kappa shape index (κ3) is 5.72. The van der Waals surface area contributed by atoms with Crippen LogP contribution >= 0.6 is 0 Å². The standard InChI is InChI=1S/C27H39NO4S/c1-5-9-13-20-18-22(15-11-7-3)26-24(19-20)32-27-21(14-10-6-2)16-12-17-23(27)28(26)25(8-4)33(29,30)31/h12,16-19,25H,5-11,13-15H2,1-4H3,(H,29,30,31). The second kappa shape index (κ2) is 11.4. The molecule has 3 rings (SSSR count). The number of para-hydroxylation sites is 1. The summed E-state index contributed by atoms with van der Waals surface area (Å²) >= 11 is 0. The molecule has 0 spiro atoms. The summed E-state index contributed by atoms with van der Waals surface area (Å²) < 4.78 is 41.9. The first-order valence-corrected chi connectivity index (χ1v) is 14.1. The van der Waals surface area contributed by atoms with Gasteiger partial charge >= 0.3 is 0 Å². The Morgan fingerprint density at radius 3 is 2.15 bits per heavy atom. The molecule has 0 aliphatic carbocycles. The molecule has 0 saturated heterocycles. The molecule has 5 nitrogen and oxygen atoms in total. The highest BCUT2D eigenvalue weighted by atomic mass is 32.2. The van der Waals surface area contributed by atoms with Gasteiger partial charge in [0.2, 0.25) is 0 Å². The first-order valence-electron chi connectivity index (χ1n) is 12.6. The predicted molar refractivity (Wildman–Crippen MR) is 137 cm³/mol. The van der Waals surface area contributed by atoms with Crippen molar-refractivity contribution in [1.29, 1.82) is 0 Å². The third-order valence-corrected chi connectivity index (χ3v) is 7.63. The molecular formula is C27H39NO4S. The lowest BCUT2D eigenvalue weighted by Gasteiger charge is -2.39. The molecule has 0 saturated carbocycles. The summed E-state index contributed by atoms with van der Waals surface area (Å²) in [5, 5.41) is -1.07. The van der Waals surface area contributed by atoms with Crippen molar-refractivity contribution in [2.24, 2.45) is 0 Å². The molecule has 1 heterocycles. The number of rotatable bonds is 12. The van der Waals surface area contributed by atoms with Crippen molar-refractivity contribution in [1.82, 2.24) is 0 Å². The zero-order chi connectivity index (χ0) is 24.0. The minimum atomic E-state index is -4.32. The minimum absolute atomic E-state index is 0.266. The van der Waals surface area contributed by atoms with Crippen molar-refractivity contribution in [3.8, 4) is 11.5 Å². The Morgan fingerprint density at radius 1 is 0.909 bits per heavy atom. The van der Waals surface area contributed by atoms with Gasteiger partial charge in [-0.3, -0.25) is 4.55 Å². The summed E-state index contributed by atoms with van der Waals surface area (Å²) in [6.45, 7) is 8.30. The summed E-state index contributed by atoms with van der Waals surface area (Å²) in [5.41, 5.74) is 4.89. The number of nitrogens with zero attached hydrogens (tertiary/aromatic N) is 1. The Labute approximate surface area is 199 Å². The van der Waals surface area contributed by atoms with E-state index in [1.807, 2.05) is 17.0 Å². The van der Waals surface area contributed by atoms with Gasteiger partial charge in [-0.05, 0) is 73.8 Å². The largest absolute Gasteiger partial charge is 0.453 e. The number of hydrogen-bond acceptors (Lipinski definition) is 4. The van der Waals surface area contributed by atoms with Crippen LogP contribution in [0.25, 0.3) is 0 Å². The lowest BCUT2D eigenvalue weighted by Crippen LogP contribution is -2.39. The second-order valence-corrected chi connectivity index (χ2v) is 10.6. The van der Waals surface area contributed by atoms with Crippen molar-refractivity contribution in [2.75, 3.05) is 4.90 Å². The normalized spacial score (nSPS) is 13.9. The van der Waals surface area contributed by atoms with Gasteiger partial charge in [0.05, 0.1) is 11.4 Å². The number of anilines is 2. The highest BCUT2D eigenvalue weighted by Crippen LogP contribution is 2.52. The highest BCUT2D eigenvalue weighted by molar-refractivity contribution is 7.86. The number of ether oxygens (including phenoxy) is 1. The summed E-state index contributed by atoms with van der Waals surface area (Å²) in [6.07, 6.45) is 9.28. The van der Waals surface area contributed by atoms with Crippen LogP contribution in [0, 0.1) is 0 Å². The molecule has 182 valence electrons. The van der Waals surface area contributed by atoms with Crippen LogP contribution < -0.4 is 9.64 Å². The summed E-state index contributed by atoms with van der Waals surface area (Å²) in [5.74, 6) is 1.42. The molecule has 1 unspecified atom stereocenters. The molecule has 1 atom stereocenters. The van der Waals surface area contributed by atoms with Gasteiger partial charge in [0.15, 0.2) is 16.9 Å². The van der Waals surface area contributed by atoms with Crippen LogP contribution in [0.5, 0.6) is 11.5 Å². The maximum Gasteiger partial charge on any atom is 0.286 e. The molecule has 1 aliphatic rings. The Kier molecular flexibility index (Phi) is 8.82. The van der Waals surface area contributed by atoms with Crippen LogP contribution in [0.3, 0.4) is 0 Å². The van der Waals surface area contributed by atoms with Gasteiger partial charge in [-0.2, -0.15) is 8.42 Å². The number of benzene rings is 2. The van der Waals surface area contributed by atoms with Crippen LogP contribution in [0.1, 0.15) is 89.3 Å². The maximum atomic E-state index is 12.5. The fraction of sp³-hybridized carbons (Fsp3) is 0.556. The van der Waals surface area contributed by atoms with Gasteiger partial charge in [0, 0.05) is 0 Å². The van der Waals surface area contributed by atoms with Crippen molar-refractivity contribution in [3.63, 3.8) is 0 Å². The van der Waals surface area contributed by atoms with Gasteiger partial charge in [0.25, 0.3) is 10.1 Å². The minimum Gasteiger partial charge on any atom is -0.453 e. The molecule has 2 aromatic carbocycles. The Bertz CT molecular complexity index is 1050. The topological polar surface area (TPSA) is 66.8 Å². The smallest absolute Gasteiger partial charge is 0.286 e. The van der Waals surface area contributed by atoms with Crippen LogP contribution in [-0.2, 0) is 29.4 Å². The van der Waals surface area contributed by atoms with Gasteiger partial charge in [-0.15, -0.1) is 0 Å². The highest BCUT2D eigenvalue weighted by Gasteiger charge is 2.38. The van der Waals surface area contributed by atoms with Crippen LogP contribution in [0.15, 0.2) is 30.3 Å². The zero-order valence-electron chi connectivity index (χ0n) is 20.6. The lowest BCUT2D eigenvalue weighted by atomic mass is 9.96. The molecule has 2 aromatic rings. The van der Waals surface area contributed by atoms with E-state index >= 15 is 0 Å². The van der Waals surface area contributed by atoms with E-state index in [0.717, 1.165) is 86.0 Å². The fourth-order valence-corrected chi connectivity index (χ4v) is 5.57. The average Bonchev–Trinajstić information content (AvgIpc) is 2.78. The monoisotopic (exact) mass is 473 g/mol. The lowest BCUT2D eigenvalue weighted by molar-refractivity contribution is 0.447. The summed E-state index contributed by atoms with van der Waals surface area (Å²) in [4.78, 5) is 1.83. The molecule has 0 fully saturated rings. The Balaban J connectivity index is 2.26. The Hall–Kier alpha value is -2.05. The molecule has 6 heteroatoms. The fourth-order valence-electron chi connectivity index (χ4n) is 4.66. The molecule has 1 aliphatic heterocycles. The number of unbranched alkanes of at least 4 members (excludes halogenated alkanes) is 3. The van der Waals surface area contributed by atoms with E-state index < -0.39 is 15.5 Å². The summed E-state index contributed by atoms with van der Waals surface area (Å²) in [7, 11) is -4.32. The molecule has 0 aromatic heterocycles. The van der Waals surface area contributed by atoms with Crippen LogP contribution in [0.4, 0.5) is 11.4 Å². The SMILES string of the molecule is CCCCc1cc(CCCC)c2c(c1)Oc1c(CCCC)cccc1N2C(CC)S(=O)(=O)O. The van der Waals surface area contributed by atoms with E-state index in [-0.39, 0.29) is 6.42 Å². The van der Waals surface area contributed by atoms with Gasteiger partial charge in [-0.25, -0.2) is 0 Å². The van der Waals surface area contributed by atoms with Gasteiger partial charge in [0.1, 0.15) is 0 Å². The first kappa shape index (κ1) is 25.6. The van der Waals surface area contributed by atoms with E-state index in [9.17, 15) is 13.0 Å². The molecule has 1 N–H and O–H groups in total. The molecule has 0 bridgehead atoms. The van der Waals surface area contributed by atoms with E-state index in [4.69, 9.17) is 4.74 Å². The van der Waals surface area contributed by atoms with Crippen molar-refractivity contribution >= 4 is 21.5 Å². The van der Waals surface area contributed by atoms with E-state index in [2.05, 4.69) is 39.0 Å². The number of aryl methyl sites for hydroxylation is 3. The van der Waals surface area contributed by atoms with Crippen molar-refractivity contribution in [2.45, 2.75) is 97.3 Å². The number of hydrogen-bond donors (Lipinski definition) is 1. The molecule has 33 heavy (non-hydrogen) atoms. The molecular weight excluding hydrogens is 434 g/mol. The van der Waals surface area contributed by atoms with E-state index in [1.54, 1.807) is 6.92 Å².